The van der Waals surface area contributed by atoms with Gasteiger partial charge in [-0.15, -0.1) is 6.58 Å². The number of hydrogen-bond donors (Lipinski definition) is 1. The van der Waals surface area contributed by atoms with Crippen molar-refractivity contribution in [3.63, 3.8) is 0 Å². The van der Waals surface area contributed by atoms with Crippen LogP contribution in [-0.4, -0.2) is 27.9 Å². The summed E-state index contributed by atoms with van der Waals surface area (Å²) in [7, 11) is 0. The molecule has 0 saturated carbocycles. The number of aromatic amines is 1. The highest BCUT2D eigenvalue weighted by Gasteiger charge is 2.29. The Morgan fingerprint density at radius 2 is 1.79 bits per heavy atom. The highest BCUT2D eigenvalue weighted by molar-refractivity contribution is 6.09. The van der Waals surface area contributed by atoms with Gasteiger partial charge >= 0.3 is 11.7 Å². The third-order valence-electron chi connectivity index (χ3n) is 4.32. The fourth-order valence-electron chi connectivity index (χ4n) is 3.20. The van der Waals surface area contributed by atoms with E-state index in [1.54, 1.807) is 26.0 Å². The van der Waals surface area contributed by atoms with E-state index in [2.05, 4.69) is 11.6 Å². The van der Waals surface area contributed by atoms with Crippen LogP contribution in [0.5, 0.6) is 0 Å². The smallest absolute Gasteiger partial charge is 0.333 e. The average Bonchev–Trinajstić information content (AvgIpc) is 2.62. The molecule has 1 aromatic carbocycles. The van der Waals surface area contributed by atoms with Gasteiger partial charge < -0.3 is 4.74 Å². The number of ether oxygens (including phenoxy) is 1. The lowest BCUT2D eigenvalue weighted by Crippen LogP contribution is -2.41. The van der Waals surface area contributed by atoms with Gasteiger partial charge in [0.05, 0.1) is 6.61 Å². The number of nitrogens with one attached hydrogen (secondary N) is 1. The number of rotatable bonds is 7. The SMILES string of the molecule is C=CC(C(=O)OCC)n1c(C(=O)c2cc(C)cc(C)c2)c(CC)c(=O)[nH]c1=O. The first kappa shape index (κ1) is 21.1. The van der Waals surface area contributed by atoms with Crippen LogP contribution in [0.2, 0.25) is 0 Å². The number of esters is 1. The van der Waals surface area contributed by atoms with Crippen LogP contribution in [0.1, 0.15) is 52.6 Å². The molecule has 0 spiro atoms. The van der Waals surface area contributed by atoms with Gasteiger partial charge in [0, 0.05) is 11.1 Å². The molecule has 0 bridgehead atoms. The normalized spacial score (nSPS) is 11.7. The molecule has 2 rings (SSSR count). The summed E-state index contributed by atoms with van der Waals surface area (Å²) in [5.74, 6) is -1.24. The van der Waals surface area contributed by atoms with E-state index in [1.807, 2.05) is 19.9 Å². The number of H-pyrrole nitrogens is 1. The highest BCUT2D eigenvalue weighted by Crippen LogP contribution is 2.19. The van der Waals surface area contributed by atoms with Gasteiger partial charge in [0.1, 0.15) is 5.69 Å². The summed E-state index contributed by atoms with van der Waals surface area (Å²) >= 11 is 0. The lowest BCUT2D eigenvalue weighted by Gasteiger charge is -2.20. The summed E-state index contributed by atoms with van der Waals surface area (Å²) in [6, 6.07) is 4.03. The van der Waals surface area contributed by atoms with Crippen molar-refractivity contribution in [3.05, 3.63) is 79.6 Å². The van der Waals surface area contributed by atoms with Gasteiger partial charge in [-0.05, 0) is 39.3 Å². The predicted octanol–water partition coefficient (Wildman–Crippen LogP) is 2.24. The van der Waals surface area contributed by atoms with Gasteiger partial charge in [0.2, 0.25) is 5.78 Å². The Morgan fingerprint density at radius 3 is 2.29 bits per heavy atom. The topological polar surface area (TPSA) is 98.2 Å². The molecule has 0 aliphatic rings. The molecule has 7 heteroatoms. The monoisotopic (exact) mass is 384 g/mol. The fourth-order valence-corrected chi connectivity index (χ4v) is 3.20. The van der Waals surface area contributed by atoms with Crippen LogP contribution in [-0.2, 0) is 16.0 Å². The molecule has 0 saturated heterocycles. The second kappa shape index (κ2) is 8.65. The Bertz CT molecular complexity index is 1030. The van der Waals surface area contributed by atoms with Crippen molar-refractivity contribution >= 4 is 11.8 Å². The highest BCUT2D eigenvalue weighted by atomic mass is 16.5. The summed E-state index contributed by atoms with van der Waals surface area (Å²) < 4.78 is 5.98. The van der Waals surface area contributed by atoms with Crippen LogP contribution in [0, 0.1) is 13.8 Å². The molecule has 1 unspecified atom stereocenters. The first-order valence-corrected chi connectivity index (χ1v) is 9.04. The maximum atomic E-state index is 13.4. The maximum absolute atomic E-state index is 13.4. The van der Waals surface area contributed by atoms with Crippen LogP contribution in [0.15, 0.2) is 40.4 Å². The molecule has 0 aliphatic carbocycles. The molecule has 1 N–H and O–H groups in total. The Kier molecular flexibility index (Phi) is 6.51. The van der Waals surface area contributed by atoms with Crippen LogP contribution in [0.3, 0.4) is 0 Å². The second-order valence-electron chi connectivity index (χ2n) is 6.45. The summed E-state index contributed by atoms with van der Waals surface area (Å²) in [6.45, 7) is 10.7. The van der Waals surface area contributed by atoms with E-state index in [1.165, 1.54) is 6.08 Å². The predicted molar refractivity (Wildman–Crippen MR) is 106 cm³/mol. The molecule has 0 radical (unpaired) electrons. The van der Waals surface area contributed by atoms with E-state index in [9.17, 15) is 19.2 Å². The van der Waals surface area contributed by atoms with Gasteiger partial charge in [-0.3, -0.25) is 19.1 Å². The molecule has 0 aliphatic heterocycles. The van der Waals surface area contributed by atoms with Crippen LogP contribution in [0.4, 0.5) is 0 Å². The summed E-state index contributed by atoms with van der Waals surface area (Å²) in [6.07, 6.45) is 1.42. The zero-order valence-corrected chi connectivity index (χ0v) is 16.5. The Balaban J connectivity index is 2.85. The van der Waals surface area contributed by atoms with Gasteiger partial charge in [-0.1, -0.05) is 30.2 Å². The number of benzene rings is 1. The van der Waals surface area contributed by atoms with Crippen molar-refractivity contribution < 1.29 is 14.3 Å². The molecule has 2 aromatic rings. The molecular weight excluding hydrogens is 360 g/mol. The van der Waals surface area contributed by atoms with Gasteiger partial charge in [-0.25, -0.2) is 9.59 Å². The third kappa shape index (κ3) is 4.03. The lowest BCUT2D eigenvalue weighted by molar-refractivity contribution is -0.145. The van der Waals surface area contributed by atoms with E-state index in [0.29, 0.717) is 5.56 Å². The second-order valence-corrected chi connectivity index (χ2v) is 6.45. The first-order chi connectivity index (χ1) is 13.2. The molecule has 148 valence electrons. The van der Waals surface area contributed by atoms with Gasteiger partial charge in [0.15, 0.2) is 6.04 Å². The standard InChI is InChI=1S/C21H24N2O5/c1-6-15-17(18(24)14-10-12(4)9-13(5)11-14)23(21(27)22-19(15)25)16(7-2)20(26)28-8-3/h7,9-11,16H,2,6,8H2,1,3-5H3,(H,22,25,27). The van der Waals surface area contributed by atoms with E-state index >= 15 is 0 Å². The van der Waals surface area contributed by atoms with Gasteiger partial charge in [0.25, 0.3) is 5.56 Å². The number of aromatic nitrogens is 2. The number of aryl methyl sites for hydroxylation is 2. The minimum Gasteiger partial charge on any atom is -0.464 e. The van der Waals surface area contributed by atoms with Crippen molar-refractivity contribution in [2.75, 3.05) is 6.61 Å². The van der Waals surface area contributed by atoms with Crippen LogP contribution in [0.25, 0.3) is 0 Å². The number of carbonyl (C=O) groups excluding carboxylic acids is 2. The van der Waals surface area contributed by atoms with Crippen molar-refractivity contribution in [3.8, 4) is 0 Å². The Hall–Kier alpha value is -3.22. The van der Waals surface area contributed by atoms with Crippen LogP contribution >= 0.6 is 0 Å². The zero-order valence-electron chi connectivity index (χ0n) is 16.5. The number of nitrogens with zero attached hydrogens (tertiary/aromatic N) is 1. The van der Waals surface area contributed by atoms with E-state index in [-0.39, 0.29) is 24.3 Å². The molecule has 1 aromatic heterocycles. The van der Waals surface area contributed by atoms with Crippen LogP contribution < -0.4 is 11.2 Å². The minimum atomic E-state index is -1.24. The Labute approximate surface area is 162 Å². The molecule has 0 amide bonds. The quantitative estimate of drug-likeness (QED) is 0.448. The first-order valence-electron chi connectivity index (χ1n) is 9.04. The zero-order chi connectivity index (χ0) is 21.0. The van der Waals surface area contributed by atoms with Gasteiger partial charge in [-0.2, -0.15) is 0 Å². The maximum Gasteiger partial charge on any atom is 0.333 e. The summed E-state index contributed by atoms with van der Waals surface area (Å²) in [5.41, 5.74) is 0.546. The minimum absolute atomic E-state index is 0.0995. The van der Waals surface area contributed by atoms with Crippen molar-refractivity contribution in [1.82, 2.24) is 9.55 Å². The number of ketones is 1. The fraction of sp³-hybridized carbons (Fsp3) is 0.333. The van der Waals surface area contributed by atoms with E-state index in [4.69, 9.17) is 4.74 Å². The average molecular weight is 384 g/mol. The summed E-state index contributed by atoms with van der Waals surface area (Å²) in [4.78, 5) is 52.9. The van der Waals surface area contributed by atoms with Crippen molar-refractivity contribution in [2.24, 2.45) is 0 Å². The lowest BCUT2D eigenvalue weighted by atomic mass is 9.98. The van der Waals surface area contributed by atoms with Crippen molar-refractivity contribution in [1.29, 1.82) is 0 Å². The van der Waals surface area contributed by atoms with E-state index in [0.717, 1.165) is 15.7 Å². The Morgan fingerprint density at radius 1 is 1.18 bits per heavy atom. The summed E-state index contributed by atoms with van der Waals surface area (Å²) in [5, 5.41) is 0. The molecule has 1 atom stereocenters. The molecule has 7 nitrogen and oxygen atoms in total. The van der Waals surface area contributed by atoms with Crippen molar-refractivity contribution in [2.45, 2.75) is 40.2 Å². The number of hydrogen-bond acceptors (Lipinski definition) is 5. The molecule has 28 heavy (non-hydrogen) atoms. The molecule has 1 heterocycles. The molecular formula is C21H24N2O5. The van der Waals surface area contributed by atoms with E-state index < -0.39 is 29.0 Å². The number of carbonyl (C=O) groups is 2. The molecule has 0 fully saturated rings. The third-order valence-corrected chi connectivity index (χ3v) is 4.32. The largest absolute Gasteiger partial charge is 0.464 e.